The van der Waals surface area contributed by atoms with Crippen molar-refractivity contribution in [2.24, 2.45) is 5.92 Å². The minimum Gasteiger partial charge on any atom is -0.453 e. The largest absolute Gasteiger partial charge is 0.453 e. The maximum Gasteiger partial charge on any atom is 0.407 e. The van der Waals surface area contributed by atoms with Crippen molar-refractivity contribution in [3.63, 3.8) is 0 Å². The number of methoxy groups -OCH3 is 1. The lowest BCUT2D eigenvalue weighted by atomic mass is 10.1. The van der Waals surface area contributed by atoms with Gasteiger partial charge in [-0.1, -0.05) is 19.9 Å². The first-order valence-electron chi connectivity index (χ1n) is 3.58. The van der Waals surface area contributed by atoms with Gasteiger partial charge in [0, 0.05) is 0 Å². The van der Waals surface area contributed by atoms with Gasteiger partial charge in [0.1, 0.15) is 0 Å². The van der Waals surface area contributed by atoms with Gasteiger partial charge in [-0.25, -0.2) is 4.79 Å². The van der Waals surface area contributed by atoms with Crippen molar-refractivity contribution in [1.29, 1.82) is 0 Å². The van der Waals surface area contributed by atoms with Gasteiger partial charge in [0.15, 0.2) is 0 Å². The molecule has 0 heterocycles. The number of nitrogens with one attached hydrogen (secondary N) is 1. The molecule has 0 saturated heterocycles. The first-order valence-corrected chi connectivity index (χ1v) is 3.58. The zero-order valence-electron chi connectivity index (χ0n) is 7.26. The quantitative estimate of drug-likeness (QED) is 0.631. The van der Waals surface area contributed by atoms with Crippen LogP contribution < -0.4 is 5.32 Å². The average Bonchev–Trinajstić information content (AvgIpc) is 1.99. The van der Waals surface area contributed by atoms with Gasteiger partial charge in [0.25, 0.3) is 0 Å². The van der Waals surface area contributed by atoms with E-state index in [4.69, 9.17) is 0 Å². The summed E-state index contributed by atoms with van der Waals surface area (Å²) in [7, 11) is 1.34. The maximum absolute atomic E-state index is 10.7. The topological polar surface area (TPSA) is 38.3 Å². The zero-order chi connectivity index (χ0) is 8.85. The Morgan fingerprint density at radius 2 is 2.18 bits per heavy atom. The van der Waals surface area contributed by atoms with E-state index in [0.29, 0.717) is 5.92 Å². The number of carbonyl (C=O) groups is 1. The van der Waals surface area contributed by atoms with E-state index in [1.165, 1.54) is 7.11 Å². The summed E-state index contributed by atoms with van der Waals surface area (Å²) in [5.74, 6) is 0.339. The number of carbonyl (C=O) groups excluding carboxylic acids is 1. The molecule has 64 valence electrons. The highest BCUT2D eigenvalue weighted by Gasteiger charge is 2.11. The summed E-state index contributed by atoms with van der Waals surface area (Å²) in [5.41, 5.74) is 0. The third-order valence-corrected chi connectivity index (χ3v) is 1.44. The van der Waals surface area contributed by atoms with E-state index in [2.05, 4.69) is 16.6 Å². The van der Waals surface area contributed by atoms with Gasteiger partial charge in [-0.05, 0) is 5.92 Å². The molecule has 0 rings (SSSR count). The van der Waals surface area contributed by atoms with Crippen molar-refractivity contribution in [1.82, 2.24) is 5.32 Å². The van der Waals surface area contributed by atoms with E-state index in [1.54, 1.807) is 6.08 Å². The van der Waals surface area contributed by atoms with Crippen molar-refractivity contribution in [3.05, 3.63) is 12.7 Å². The van der Waals surface area contributed by atoms with Crippen LogP contribution in [0.4, 0.5) is 4.79 Å². The molecule has 0 aliphatic heterocycles. The third kappa shape index (κ3) is 3.65. The van der Waals surface area contributed by atoms with E-state index < -0.39 is 6.09 Å². The molecule has 1 unspecified atom stereocenters. The van der Waals surface area contributed by atoms with Crippen LogP contribution in [-0.2, 0) is 4.74 Å². The fraction of sp³-hybridized carbons (Fsp3) is 0.625. The summed E-state index contributed by atoms with van der Waals surface area (Å²) in [5, 5.41) is 2.64. The number of amides is 1. The number of rotatable bonds is 3. The number of alkyl carbamates (subject to hydrolysis) is 1. The van der Waals surface area contributed by atoms with Gasteiger partial charge in [0.05, 0.1) is 13.2 Å². The van der Waals surface area contributed by atoms with Crippen LogP contribution in [0.2, 0.25) is 0 Å². The second kappa shape index (κ2) is 4.77. The molecule has 0 aliphatic carbocycles. The van der Waals surface area contributed by atoms with E-state index in [9.17, 15) is 4.79 Å². The van der Waals surface area contributed by atoms with Gasteiger partial charge < -0.3 is 10.1 Å². The van der Waals surface area contributed by atoms with E-state index in [0.717, 1.165) is 0 Å². The van der Waals surface area contributed by atoms with Crippen LogP contribution in [-0.4, -0.2) is 19.2 Å². The lowest BCUT2D eigenvalue weighted by Crippen LogP contribution is -2.36. The van der Waals surface area contributed by atoms with Gasteiger partial charge in [0.2, 0.25) is 0 Å². The van der Waals surface area contributed by atoms with E-state index >= 15 is 0 Å². The van der Waals surface area contributed by atoms with Crippen LogP contribution >= 0.6 is 0 Å². The maximum atomic E-state index is 10.7. The summed E-state index contributed by atoms with van der Waals surface area (Å²) in [6, 6.07) is -0.0116. The molecule has 3 heteroatoms. The summed E-state index contributed by atoms with van der Waals surface area (Å²) < 4.78 is 4.43. The van der Waals surface area contributed by atoms with Crippen molar-refractivity contribution in [2.45, 2.75) is 19.9 Å². The molecular weight excluding hydrogens is 142 g/mol. The van der Waals surface area contributed by atoms with E-state index in [-0.39, 0.29) is 6.04 Å². The fourth-order valence-electron chi connectivity index (χ4n) is 0.693. The average molecular weight is 157 g/mol. The second-order valence-corrected chi connectivity index (χ2v) is 2.64. The van der Waals surface area contributed by atoms with Crippen LogP contribution in [0.25, 0.3) is 0 Å². The first-order chi connectivity index (χ1) is 5.11. The highest BCUT2D eigenvalue weighted by molar-refractivity contribution is 5.67. The summed E-state index contributed by atoms with van der Waals surface area (Å²) in [6.07, 6.45) is 1.28. The number of ether oxygens (including phenoxy) is 1. The smallest absolute Gasteiger partial charge is 0.407 e. The van der Waals surface area contributed by atoms with Crippen LogP contribution in [0, 0.1) is 5.92 Å². The lowest BCUT2D eigenvalue weighted by Gasteiger charge is -2.16. The molecule has 0 radical (unpaired) electrons. The molecular formula is C8H15NO2. The molecule has 0 aromatic heterocycles. The Balaban J connectivity index is 3.87. The molecule has 1 atom stereocenters. The Labute approximate surface area is 67.4 Å². The second-order valence-electron chi connectivity index (χ2n) is 2.64. The molecule has 0 spiro atoms. The molecule has 0 aromatic carbocycles. The highest BCUT2D eigenvalue weighted by atomic mass is 16.5. The third-order valence-electron chi connectivity index (χ3n) is 1.44. The van der Waals surface area contributed by atoms with E-state index in [1.807, 2.05) is 13.8 Å². The van der Waals surface area contributed by atoms with Gasteiger partial charge >= 0.3 is 6.09 Å². The first kappa shape index (κ1) is 10.0. The van der Waals surface area contributed by atoms with Crippen molar-refractivity contribution in [3.8, 4) is 0 Å². The zero-order valence-corrected chi connectivity index (χ0v) is 7.26. The Kier molecular flexibility index (Phi) is 4.34. The molecule has 1 N–H and O–H groups in total. The molecule has 1 amide bonds. The molecule has 0 saturated carbocycles. The standard InChI is InChI=1S/C8H15NO2/c1-5-7(6(2)3)9-8(10)11-4/h5-7H,1H2,2-4H3,(H,9,10). The van der Waals surface area contributed by atoms with Gasteiger partial charge in [-0.2, -0.15) is 0 Å². The Morgan fingerprint density at radius 3 is 2.45 bits per heavy atom. The van der Waals surface area contributed by atoms with Crippen molar-refractivity contribution >= 4 is 6.09 Å². The predicted molar refractivity (Wildman–Crippen MR) is 44.4 cm³/mol. The fourth-order valence-corrected chi connectivity index (χ4v) is 0.693. The lowest BCUT2D eigenvalue weighted by molar-refractivity contribution is 0.166. The minimum absolute atomic E-state index is 0.0116. The predicted octanol–water partition coefficient (Wildman–Crippen LogP) is 1.55. The molecule has 0 fully saturated rings. The molecule has 11 heavy (non-hydrogen) atoms. The molecule has 3 nitrogen and oxygen atoms in total. The van der Waals surface area contributed by atoms with Gasteiger partial charge in [-0.3, -0.25) is 0 Å². The van der Waals surface area contributed by atoms with Crippen LogP contribution in [0.1, 0.15) is 13.8 Å². The summed E-state index contributed by atoms with van der Waals surface area (Å²) in [6.45, 7) is 7.60. The van der Waals surface area contributed by atoms with Crippen LogP contribution in [0.3, 0.4) is 0 Å². The number of hydrogen-bond acceptors (Lipinski definition) is 2. The Hall–Kier alpha value is -0.990. The van der Waals surface area contributed by atoms with Crippen LogP contribution in [0.15, 0.2) is 12.7 Å². The SMILES string of the molecule is C=CC(NC(=O)OC)C(C)C. The summed E-state index contributed by atoms with van der Waals surface area (Å²) in [4.78, 5) is 10.7. The molecule has 0 bridgehead atoms. The Morgan fingerprint density at radius 1 is 1.64 bits per heavy atom. The van der Waals surface area contributed by atoms with Crippen LogP contribution in [0.5, 0.6) is 0 Å². The Bertz CT molecular complexity index is 143. The highest BCUT2D eigenvalue weighted by Crippen LogP contribution is 2.01. The molecule has 0 aromatic rings. The monoisotopic (exact) mass is 157 g/mol. The van der Waals surface area contributed by atoms with Crippen molar-refractivity contribution in [2.75, 3.05) is 7.11 Å². The number of hydrogen-bond donors (Lipinski definition) is 1. The van der Waals surface area contributed by atoms with Crippen molar-refractivity contribution < 1.29 is 9.53 Å². The molecule has 0 aliphatic rings. The minimum atomic E-state index is -0.413. The normalized spacial score (nSPS) is 12.4. The summed E-state index contributed by atoms with van der Waals surface area (Å²) >= 11 is 0. The van der Waals surface area contributed by atoms with Gasteiger partial charge in [-0.15, -0.1) is 6.58 Å².